The number of para-hydroxylation sites is 2. The maximum absolute atomic E-state index is 12.0. The van der Waals surface area contributed by atoms with Gasteiger partial charge in [-0.15, -0.1) is 0 Å². The van der Waals surface area contributed by atoms with Crippen LogP contribution in [0, 0.1) is 10.1 Å². The second-order valence-corrected chi connectivity index (χ2v) is 6.33. The van der Waals surface area contributed by atoms with Crippen molar-refractivity contribution in [3.63, 3.8) is 0 Å². The van der Waals surface area contributed by atoms with Crippen LogP contribution in [0.5, 0.6) is 5.75 Å². The number of carbonyl (C=O) groups is 3. The molecular formula is C18H14ClN3O7. The second-order valence-electron chi connectivity index (χ2n) is 5.93. The predicted octanol–water partition coefficient (Wildman–Crippen LogP) is 2.52. The number of fused-ring (bicyclic) bond motifs is 1. The topological polar surface area (TPSA) is 137 Å². The van der Waals surface area contributed by atoms with Crippen LogP contribution in [0.1, 0.15) is 6.42 Å². The normalized spacial score (nSPS) is 14.8. The van der Waals surface area contributed by atoms with E-state index >= 15 is 0 Å². The molecule has 0 bridgehead atoms. The van der Waals surface area contributed by atoms with Crippen molar-refractivity contribution >= 4 is 46.4 Å². The number of halogens is 1. The average Bonchev–Trinajstić information content (AvgIpc) is 2.68. The molecule has 0 saturated carbocycles. The molecule has 1 unspecified atom stereocenters. The number of ether oxygens (including phenoxy) is 2. The van der Waals surface area contributed by atoms with Gasteiger partial charge >= 0.3 is 5.97 Å². The number of amides is 2. The van der Waals surface area contributed by atoms with Crippen LogP contribution in [0.2, 0.25) is 5.02 Å². The Kier molecular flexibility index (Phi) is 5.93. The summed E-state index contributed by atoms with van der Waals surface area (Å²) in [6, 6.07) is 10.3. The third kappa shape index (κ3) is 4.99. The number of esters is 1. The van der Waals surface area contributed by atoms with Gasteiger partial charge in [0, 0.05) is 12.1 Å². The van der Waals surface area contributed by atoms with E-state index in [4.69, 9.17) is 21.1 Å². The van der Waals surface area contributed by atoms with Gasteiger partial charge in [0.1, 0.15) is 5.75 Å². The Morgan fingerprint density at radius 1 is 1.28 bits per heavy atom. The molecule has 0 radical (unpaired) electrons. The van der Waals surface area contributed by atoms with Crippen molar-refractivity contribution in [2.75, 3.05) is 17.2 Å². The Morgan fingerprint density at radius 3 is 2.76 bits per heavy atom. The monoisotopic (exact) mass is 419 g/mol. The van der Waals surface area contributed by atoms with Gasteiger partial charge in [-0.2, -0.15) is 0 Å². The van der Waals surface area contributed by atoms with E-state index in [1.165, 1.54) is 12.1 Å². The number of hydrogen-bond acceptors (Lipinski definition) is 7. The number of nitrogens with one attached hydrogen (secondary N) is 2. The molecule has 1 atom stereocenters. The second kappa shape index (κ2) is 8.57. The quantitative estimate of drug-likeness (QED) is 0.417. The Hall–Kier alpha value is -3.66. The lowest BCUT2D eigenvalue weighted by atomic mass is 10.1. The molecule has 2 aromatic rings. The van der Waals surface area contributed by atoms with Crippen LogP contribution < -0.4 is 15.4 Å². The molecule has 29 heavy (non-hydrogen) atoms. The highest BCUT2D eigenvalue weighted by Gasteiger charge is 2.30. The minimum atomic E-state index is -1.08. The van der Waals surface area contributed by atoms with Crippen molar-refractivity contribution in [3.8, 4) is 5.75 Å². The molecular weight excluding hydrogens is 406 g/mol. The number of nitrogens with zero attached hydrogens (tertiary/aromatic N) is 1. The van der Waals surface area contributed by atoms with Crippen LogP contribution in [0.3, 0.4) is 0 Å². The van der Waals surface area contributed by atoms with Gasteiger partial charge in [-0.1, -0.05) is 23.7 Å². The largest absolute Gasteiger partial charge is 0.478 e. The number of nitro benzene ring substituents is 1. The fourth-order valence-corrected chi connectivity index (χ4v) is 2.71. The van der Waals surface area contributed by atoms with E-state index in [0.29, 0.717) is 11.4 Å². The first-order valence-corrected chi connectivity index (χ1v) is 8.67. The van der Waals surface area contributed by atoms with Crippen LogP contribution in [0.15, 0.2) is 42.5 Å². The van der Waals surface area contributed by atoms with E-state index in [-0.39, 0.29) is 22.8 Å². The maximum atomic E-state index is 12.0. The fraction of sp³-hybridized carbons (Fsp3) is 0.167. The summed E-state index contributed by atoms with van der Waals surface area (Å²) in [5.74, 6) is -1.58. The lowest BCUT2D eigenvalue weighted by Gasteiger charge is -2.25. The zero-order chi connectivity index (χ0) is 21.0. The SMILES string of the molecule is O=C(COC(=O)CC1Oc2ccccc2NC1=O)Nc1ccc([N+](=O)[O-])cc1Cl. The molecule has 1 heterocycles. The molecule has 0 saturated heterocycles. The maximum Gasteiger partial charge on any atom is 0.310 e. The van der Waals surface area contributed by atoms with Crippen molar-refractivity contribution in [2.45, 2.75) is 12.5 Å². The summed E-state index contributed by atoms with van der Waals surface area (Å²) in [6.45, 7) is -0.628. The smallest absolute Gasteiger partial charge is 0.310 e. The number of benzene rings is 2. The van der Waals surface area contributed by atoms with Crippen LogP contribution >= 0.6 is 11.6 Å². The van der Waals surface area contributed by atoms with Gasteiger partial charge < -0.3 is 20.1 Å². The van der Waals surface area contributed by atoms with E-state index in [1.54, 1.807) is 24.3 Å². The number of carbonyl (C=O) groups excluding carboxylic acids is 3. The third-order valence-electron chi connectivity index (χ3n) is 3.86. The Morgan fingerprint density at radius 2 is 2.03 bits per heavy atom. The predicted molar refractivity (Wildman–Crippen MR) is 102 cm³/mol. The van der Waals surface area contributed by atoms with Gasteiger partial charge in [-0.25, -0.2) is 0 Å². The van der Waals surface area contributed by atoms with Gasteiger partial charge in [-0.3, -0.25) is 24.5 Å². The lowest BCUT2D eigenvalue weighted by Crippen LogP contribution is -2.39. The van der Waals surface area contributed by atoms with Gasteiger partial charge in [0.2, 0.25) is 0 Å². The van der Waals surface area contributed by atoms with Gasteiger partial charge in [0.15, 0.2) is 12.7 Å². The summed E-state index contributed by atoms with van der Waals surface area (Å²) in [5.41, 5.74) is 0.401. The summed E-state index contributed by atoms with van der Waals surface area (Å²) in [6.07, 6.45) is -1.46. The van der Waals surface area contributed by atoms with Crippen LogP contribution in [-0.4, -0.2) is 35.4 Å². The van der Waals surface area contributed by atoms with Gasteiger partial charge in [0.25, 0.3) is 17.5 Å². The summed E-state index contributed by atoms with van der Waals surface area (Å²) in [7, 11) is 0. The first-order valence-electron chi connectivity index (χ1n) is 8.29. The Labute approximate surface area is 168 Å². The average molecular weight is 420 g/mol. The summed E-state index contributed by atoms with van der Waals surface area (Å²) in [5, 5.41) is 15.6. The molecule has 0 aliphatic carbocycles. The molecule has 1 aliphatic rings. The number of non-ortho nitro benzene ring substituents is 1. The summed E-state index contributed by atoms with van der Waals surface area (Å²) >= 11 is 5.88. The van der Waals surface area contributed by atoms with Crippen molar-refractivity contribution in [3.05, 3.63) is 57.6 Å². The zero-order valence-electron chi connectivity index (χ0n) is 14.7. The van der Waals surface area contributed by atoms with Gasteiger partial charge in [-0.05, 0) is 18.2 Å². The molecule has 11 heteroatoms. The molecule has 0 aromatic heterocycles. The van der Waals surface area contributed by atoms with Crippen molar-refractivity contribution in [1.29, 1.82) is 0 Å². The number of nitro groups is 1. The molecule has 2 amide bonds. The lowest BCUT2D eigenvalue weighted by molar-refractivity contribution is -0.384. The summed E-state index contributed by atoms with van der Waals surface area (Å²) < 4.78 is 10.3. The standard InChI is InChI=1S/C18H14ClN3O7/c19-11-7-10(22(26)27)5-6-12(11)20-16(23)9-28-17(24)8-15-18(25)21-13-3-1-2-4-14(13)29-15/h1-7,15H,8-9H2,(H,20,23)(H,21,25). The highest BCUT2D eigenvalue weighted by molar-refractivity contribution is 6.34. The molecule has 0 fully saturated rings. The highest BCUT2D eigenvalue weighted by Crippen LogP contribution is 2.30. The number of rotatable bonds is 6. The minimum Gasteiger partial charge on any atom is -0.478 e. The molecule has 0 spiro atoms. The van der Waals surface area contributed by atoms with Crippen molar-refractivity contribution in [2.24, 2.45) is 0 Å². The van der Waals surface area contributed by atoms with Crippen LogP contribution in [-0.2, 0) is 19.1 Å². The summed E-state index contributed by atoms with van der Waals surface area (Å²) in [4.78, 5) is 45.9. The Balaban J connectivity index is 1.50. The first kappa shape index (κ1) is 20.1. The highest BCUT2D eigenvalue weighted by atomic mass is 35.5. The Bertz CT molecular complexity index is 995. The van der Waals surface area contributed by atoms with Crippen LogP contribution in [0.4, 0.5) is 17.1 Å². The minimum absolute atomic E-state index is 0.0372. The van der Waals surface area contributed by atoms with Gasteiger partial charge in [0.05, 0.1) is 27.7 Å². The zero-order valence-corrected chi connectivity index (χ0v) is 15.5. The van der Waals surface area contributed by atoms with E-state index in [9.17, 15) is 24.5 Å². The number of hydrogen-bond donors (Lipinski definition) is 2. The van der Waals surface area contributed by atoms with E-state index in [0.717, 1.165) is 6.07 Å². The van der Waals surface area contributed by atoms with E-state index in [1.807, 2.05) is 0 Å². The third-order valence-corrected chi connectivity index (χ3v) is 4.17. The molecule has 2 aromatic carbocycles. The fourth-order valence-electron chi connectivity index (χ4n) is 2.49. The molecule has 2 N–H and O–H groups in total. The van der Waals surface area contributed by atoms with Crippen molar-refractivity contribution in [1.82, 2.24) is 0 Å². The molecule has 3 rings (SSSR count). The van der Waals surface area contributed by atoms with Crippen molar-refractivity contribution < 1.29 is 28.8 Å². The van der Waals surface area contributed by atoms with E-state index in [2.05, 4.69) is 10.6 Å². The first-order chi connectivity index (χ1) is 13.8. The molecule has 150 valence electrons. The molecule has 10 nitrogen and oxygen atoms in total. The number of anilines is 2. The van der Waals surface area contributed by atoms with E-state index < -0.39 is 35.4 Å². The van der Waals surface area contributed by atoms with Crippen LogP contribution in [0.25, 0.3) is 0 Å². The molecule has 1 aliphatic heterocycles.